The van der Waals surface area contributed by atoms with Crippen LogP contribution < -0.4 is 4.78 Å². The zero-order chi connectivity index (χ0) is 17.3. The first-order valence-electron chi connectivity index (χ1n) is 8.97. The van der Waals surface area contributed by atoms with Crippen molar-refractivity contribution in [3.05, 3.63) is 41.3 Å². The predicted octanol–water partition coefficient (Wildman–Crippen LogP) is 4.92. The standard InChI is InChI=1S/C18H23ClN3OPS/c19-11-14-23-24(25)18-16(20-22(24)15-7-2-1-3-8-15)9-6-10-17(18)21-12-4-5-13-21/h1-3,7-8H,4-6,9-14H2/t24-/m1/s1. The second-order valence-corrected chi connectivity index (χ2v) is 10.5. The molecule has 1 aliphatic carbocycles. The van der Waals surface area contributed by atoms with Gasteiger partial charge in [0.15, 0.2) is 0 Å². The Labute approximate surface area is 159 Å². The third kappa shape index (κ3) is 3.16. The van der Waals surface area contributed by atoms with E-state index in [-0.39, 0.29) is 0 Å². The van der Waals surface area contributed by atoms with Crippen LogP contribution >= 0.6 is 18.0 Å². The lowest BCUT2D eigenvalue weighted by Crippen LogP contribution is -2.25. The fourth-order valence-electron chi connectivity index (χ4n) is 3.86. The Morgan fingerprint density at radius 3 is 2.60 bits per heavy atom. The van der Waals surface area contributed by atoms with Gasteiger partial charge in [0.1, 0.15) is 0 Å². The van der Waals surface area contributed by atoms with E-state index in [1.807, 2.05) is 23.0 Å². The number of hydrogen-bond acceptors (Lipinski definition) is 4. The number of fused-ring (bicyclic) bond motifs is 1. The summed E-state index contributed by atoms with van der Waals surface area (Å²) in [6.45, 7) is 2.71. The van der Waals surface area contributed by atoms with E-state index in [0.29, 0.717) is 12.5 Å². The number of anilines is 1. The van der Waals surface area contributed by atoms with Crippen molar-refractivity contribution >= 4 is 41.2 Å². The number of nitrogens with zero attached hydrogens (tertiary/aromatic N) is 3. The van der Waals surface area contributed by atoms with Gasteiger partial charge in [0.2, 0.25) is 6.42 Å². The molecule has 1 atom stereocenters. The van der Waals surface area contributed by atoms with Gasteiger partial charge in [-0.05, 0) is 56.0 Å². The number of alkyl halides is 1. The first kappa shape index (κ1) is 17.5. The molecule has 7 heteroatoms. The Balaban J connectivity index is 1.82. The first-order valence-corrected chi connectivity index (χ1v) is 12.2. The van der Waals surface area contributed by atoms with Gasteiger partial charge in [0.05, 0.1) is 23.3 Å². The van der Waals surface area contributed by atoms with E-state index in [9.17, 15) is 0 Å². The number of likely N-dealkylation sites (tertiary alicyclic amines) is 1. The molecule has 4 rings (SSSR count). The molecule has 2 aliphatic heterocycles. The minimum Gasteiger partial charge on any atom is -0.374 e. The normalized spacial score (nSPS) is 26.2. The van der Waals surface area contributed by atoms with E-state index in [4.69, 9.17) is 33.0 Å². The summed E-state index contributed by atoms with van der Waals surface area (Å²) in [4.78, 5) is 2.52. The molecule has 1 aromatic carbocycles. The van der Waals surface area contributed by atoms with E-state index in [0.717, 1.165) is 43.8 Å². The Bertz CT molecular complexity index is 746. The van der Waals surface area contributed by atoms with Gasteiger partial charge >= 0.3 is 0 Å². The number of hydrogen-bond donors (Lipinski definition) is 0. The van der Waals surface area contributed by atoms with Crippen LogP contribution in [-0.2, 0) is 16.3 Å². The van der Waals surface area contributed by atoms with Crippen LogP contribution in [0.3, 0.4) is 0 Å². The summed E-state index contributed by atoms with van der Waals surface area (Å²) < 4.78 is 8.27. The Kier molecular flexibility index (Phi) is 5.19. The maximum absolute atomic E-state index is 6.29. The van der Waals surface area contributed by atoms with E-state index in [1.165, 1.54) is 23.9 Å². The minimum absolute atomic E-state index is 0.447. The highest BCUT2D eigenvalue weighted by molar-refractivity contribution is 8.15. The molecule has 0 spiro atoms. The number of allylic oxidation sites excluding steroid dienone is 2. The monoisotopic (exact) mass is 395 g/mol. The molecule has 0 aromatic heterocycles. The molecule has 4 nitrogen and oxygen atoms in total. The lowest BCUT2D eigenvalue weighted by atomic mass is 10.0. The second-order valence-electron chi connectivity index (χ2n) is 6.56. The summed E-state index contributed by atoms with van der Waals surface area (Å²) in [7, 11) is 0. The smallest absolute Gasteiger partial charge is 0.209 e. The van der Waals surface area contributed by atoms with Gasteiger partial charge in [-0.3, -0.25) is 0 Å². The topological polar surface area (TPSA) is 28.1 Å². The molecule has 0 unspecified atom stereocenters. The van der Waals surface area contributed by atoms with E-state index < -0.39 is 6.42 Å². The molecular formula is C18H23ClN3OPS. The van der Waals surface area contributed by atoms with Crippen molar-refractivity contribution in [2.24, 2.45) is 5.10 Å². The molecule has 0 saturated carbocycles. The van der Waals surface area contributed by atoms with Crippen LogP contribution in [0.2, 0.25) is 0 Å². The van der Waals surface area contributed by atoms with Gasteiger partial charge in [-0.1, -0.05) is 18.2 Å². The van der Waals surface area contributed by atoms with E-state index >= 15 is 0 Å². The van der Waals surface area contributed by atoms with Gasteiger partial charge in [0.25, 0.3) is 0 Å². The van der Waals surface area contributed by atoms with Crippen molar-refractivity contribution in [2.75, 3.05) is 30.4 Å². The lowest BCUT2D eigenvalue weighted by Gasteiger charge is -2.33. The molecule has 1 fully saturated rings. The minimum atomic E-state index is -2.44. The Morgan fingerprint density at radius 1 is 1.12 bits per heavy atom. The van der Waals surface area contributed by atoms with Gasteiger partial charge < -0.3 is 9.42 Å². The number of rotatable bonds is 5. The van der Waals surface area contributed by atoms with Crippen molar-refractivity contribution in [3.63, 3.8) is 0 Å². The molecule has 3 aliphatic rings. The predicted molar refractivity (Wildman–Crippen MR) is 109 cm³/mol. The Hall–Kier alpha value is -0.870. The molecule has 0 bridgehead atoms. The van der Waals surface area contributed by atoms with Crippen LogP contribution in [0.25, 0.3) is 0 Å². The number of hydrazone groups is 1. The third-order valence-electron chi connectivity index (χ3n) is 4.94. The van der Waals surface area contributed by atoms with Gasteiger partial charge in [-0.15, -0.1) is 11.6 Å². The fourth-order valence-corrected chi connectivity index (χ4v) is 7.79. The van der Waals surface area contributed by atoms with Crippen molar-refractivity contribution in [1.82, 2.24) is 4.90 Å². The molecule has 25 heavy (non-hydrogen) atoms. The number of para-hydroxylation sites is 1. The molecule has 0 radical (unpaired) electrons. The summed E-state index contributed by atoms with van der Waals surface area (Å²) in [5.41, 5.74) is 3.53. The maximum atomic E-state index is 6.29. The highest BCUT2D eigenvalue weighted by Gasteiger charge is 2.44. The molecule has 0 N–H and O–H groups in total. The molecule has 0 amide bonds. The summed E-state index contributed by atoms with van der Waals surface area (Å²) in [5.74, 6) is 0.447. The van der Waals surface area contributed by atoms with Crippen LogP contribution in [0.5, 0.6) is 0 Å². The molecule has 1 aromatic rings. The average molecular weight is 396 g/mol. The largest absolute Gasteiger partial charge is 0.374 e. The van der Waals surface area contributed by atoms with E-state index in [1.54, 1.807) is 0 Å². The van der Waals surface area contributed by atoms with Crippen molar-refractivity contribution in [1.29, 1.82) is 0 Å². The summed E-state index contributed by atoms with van der Waals surface area (Å²) in [6, 6.07) is 10.2. The molecule has 2 heterocycles. The van der Waals surface area contributed by atoms with E-state index in [2.05, 4.69) is 17.0 Å². The maximum Gasteiger partial charge on any atom is 0.209 e. The van der Waals surface area contributed by atoms with Crippen LogP contribution in [0, 0.1) is 0 Å². The fraction of sp³-hybridized carbons (Fsp3) is 0.500. The summed E-state index contributed by atoms with van der Waals surface area (Å²) in [5, 5.41) is 6.16. The highest BCUT2D eigenvalue weighted by atomic mass is 35.5. The lowest BCUT2D eigenvalue weighted by molar-refractivity contribution is 0.377. The molecular weight excluding hydrogens is 373 g/mol. The average Bonchev–Trinajstić information content (AvgIpc) is 3.28. The van der Waals surface area contributed by atoms with Crippen molar-refractivity contribution in [3.8, 4) is 0 Å². The third-order valence-corrected chi connectivity index (χ3v) is 8.86. The van der Waals surface area contributed by atoms with Crippen LogP contribution in [0.1, 0.15) is 32.1 Å². The summed E-state index contributed by atoms with van der Waals surface area (Å²) >= 11 is 12.1. The van der Waals surface area contributed by atoms with Gasteiger partial charge in [0, 0.05) is 24.7 Å². The SMILES string of the molecule is S=[P@]1(OCCCl)C2=C(N3CCCC3)CCCC2=NN1c1ccccc1. The zero-order valence-corrected chi connectivity index (χ0v) is 16.7. The molecule has 134 valence electrons. The molecule has 1 saturated heterocycles. The van der Waals surface area contributed by atoms with Crippen LogP contribution in [0.15, 0.2) is 46.4 Å². The number of benzene rings is 1. The zero-order valence-electron chi connectivity index (χ0n) is 14.2. The number of halogens is 1. The van der Waals surface area contributed by atoms with Crippen molar-refractivity contribution < 1.29 is 4.52 Å². The van der Waals surface area contributed by atoms with Gasteiger partial charge in [-0.2, -0.15) is 5.10 Å². The Morgan fingerprint density at radius 2 is 1.88 bits per heavy atom. The van der Waals surface area contributed by atoms with Crippen LogP contribution in [0.4, 0.5) is 5.69 Å². The van der Waals surface area contributed by atoms with Crippen LogP contribution in [-0.4, -0.2) is 36.2 Å². The highest BCUT2D eigenvalue weighted by Crippen LogP contribution is 2.66. The summed E-state index contributed by atoms with van der Waals surface area (Å²) in [6.07, 6.45) is 3.29. The quantitative estimate of drug-likeness (QED) is 0.522. The first-order chi connectivity index (χ1) is 12.2. The van der Waals surface area contributed by atoms with Gasteiger partial charge in [-0.25, -0.2) is 4.78 Å². The van der Waals surface area contributed by atoms with Crippen molar-refractivity contribution in [2.45, 2.75) is 32.1 Å². The second kappa shape index (κ2) is 7.40.